The lowest BCUT2D eigenvalue weighted by Crippen LogP contribution is -2.66. The largest absolute Gasteiger partial charge is 0.299 e. The van der Waals surface area contributed by atoms with Crippen LogP contribution in [0.15, 0.2) is 12.2 Å². The molecule has 1 heteroatoms. The van der Waals surface area contributed by atoms with E-state index in [1.54, 1.807) is 0 Å². The van der Waals surface area contributed by atoms with Crippen LogP contribution in [0.2, 0.25) is 0 Å². The summed E-state index contributed by atoms with van der Waals surface area (Å²) in [5, 5.41) is 0. The molecule has 0 heterocycles. The molecule has 31 heavy (non-hydrogen) atoms. The van der Waals surface area contributed by atoms with Gasteiger partial charge in [0, 0.05) is 11.8 Å². The number of allylic oxidation sites excluding steroid dienone is 1. The molecule has 5 aliphatic rings. The third-order valence-electron chi connectivity index (χ3n) is 13.2. The Morgan fingerprint density at radius 3 is 2.19 bits per heavy atom. The molecule has 0 aromatic rings. The van der Waals surface area contributed by atoms with Crippen LogP contribution in [0.4, 0.5) is 0 Å². The zero-order chi connectivity index (χ0) is 22.6. The molecule has 0 aromatic heterocycles. The fourth-order valence-corrected chi connectivity index (χ4v) is 11.3. The predicted octanol–water partition coefficient (Wildman–Crippen LogP) is 8.23. The van der Waals surface area contributed by atoms with Gasteiger partial charge in [0.25, 0.3) is 0 Å². The van der Waals surface area contributed by atoms with Crippen molar-refractivity contribution in [1.82, 2.24) is 0 Å². The minimum atomic E-state index is -0.131. The van der Waals surface area contributed by atoms with Crippen molar-refractivity contribution in [2.45, 2.75) is 113 Å². The Morgan fingerprint density at radius 2 is 1.52 bits per heavy atom. The van der Waals surface area contributed by atoms with Crippen LogP contribution in [0.3, 0.4) is 0 Å². The number of hydrogen-bond acceptors (Lipinski definition) is 1. The summed E-state index contributed by atoms with van der Waals surface area (Å²) in [5.41, 5.74) is 3.06. The van der Waals surface area contributed by atoms with Gasteiger partial charge in [-0.05, 0) is 116 Å². The van der Waals surface area contributed by atoms with Gasteiger partial charge in [-0.15, -0.1) is 0 Å². The minimum absolute atomic E-state index is 0.131. The SMILES string of the molecule is C=C(C)[C@@H]1CC[C@]2(C)CC[C@]3(C)C(CC[C@@H]4[C@@]5(C)CCC(=O)C(C)(C)C5CC[C@]43C)[C@@H]12. The van der Waals surface area contributed by atoms with Crippen molar-refractivity contribution < 1.29 is 4.79 Å². The van der Waals surface area contributed by atoms with Crippen molar-refractivity contribution in [2.75, 3.05) is 0 Å². The first-order chi connectivity index (χ1) is 14.3. The Hall–Kier alpha value is -0.590. The molecule has 2 unspecified atom stereocenters. The Labute approximate surface area is 192 Å². The Kier molecular flexibility index (Phi) is 4.66. The zero-order valence-electron chi connectivity index (χ0n) is 21.6. The molecular weight excluding hydrogens is 376 g/mol. The summed E-state index contributed by atoms with van der Waals surface area (Å²) in [6.07, 6.45) is 13.0. The van der Waals surface area contributed by atoms with Crippen LogP contribution in [0, 0.1) is 56.7 Å². The second kappa shape index (κ2) is 6.50. The van der Waals surface area contributed by atoms with E-state index in [9.17, 15) is 4.79 Å². The maximum Gasteiger partial charge on any atom is 0.138 e. The molecule has 0 N–H and O–H groups in total. The highest BCUT2D eigenvalue weighted by molar-refractivity contribution is 5.85. The molecular formula is C30H48O. The molecule has 5 saturated carbocycles. The van der Waals surface area contributed by atoms with E-state index in [0.29, 0.717) is 33.4 Å². The monoisotopic (exact) mass is 424 g/mol. The van der Waals surface area contributed by atoms with Gasteiger partial charge in [-0.3, -0.25) is 4.79 Å². The van der Waals surface area contributed by atoms with Gasteiger partial charge in [0.1, 0.15) is 5.78 Å². The van der Waals surface area contributed by atoms with Crippen LogP contribution in [0.1, 0.15) is 113 Å². The predicted molar refractivity (Wildman–Crippen MR) is 130 cm³/mol. The lowest BCUT2D eigenvalue weighted by atomic mass is 9.32. The lowest BCUT2D eigenvalue weighted by Gasteiger charge is -2.72. The van der Waals surface area contributed by atoms with Crippen molar-refractivity contribution in [3.05, 3.63) is 12.2 Å². The standard InChI is InChI=1S/C30H48O/c1-19(2)20-11-14-27(5)17-18-29(7)21(25(20)27)9-10-23-28(6)15-13-24(31)26(3,4)22(28)12-16-30(23,29)8/h20-23,25H,1,9-18H2,2-8H3/t20-,21?,22?,23+,25+,27+,28-,29+,30+/m0/s1. The molecule has 0 spiro atoms. The molecule has 0 radical (unpaired) electrons. The smallest absolute Gasteiger partial charge is 0.138 e. The molecule has 5 fully saturated rings. The normalized spacial score (nSPS) is 55.6. The summed E-state index contributed by atoms with van der Waals surface area (Å²) in [7, 11) is 0. The van der Waals surface area contributed by atoms with Gasteiger partial charge in [0.15, 0.2) is 0 Å². The molecule has 5 rings (SSSR count). The lowest BCUT2D eigenvalue weighted by molar-refractivity contribution is -0.232. The van der Waals surface area contributed by atoms with Crippen molar-refractivity contribution in [2.24, 2.45) is 56.7 Å². The second-order valence-corrected chi connectivity index (χ2v) is 14.5. The van der Waals surface area contributed by atoms with Crippen LogP contribution < -0.4 is 0 Å². The summed E-state index contributed by atoms with van der Waals surface area (Å²) < 4.78 is 0. The van der Waals surface area contributed by atoms with Crippen LogP contribution >= 0.6 is 0 Å². The topological polar surface area (TPSA) is 17.1 Å². The molecule has 9 atom stereocenters. The van der Waals surface area contributed by atoms with Crippen LogP contribution in [0.25, 0.3) is 0 Å². The zero-order valence-corrected chi connectivity index (χ0v) is 21.6. The minimum Gasteiger partial charge on any atom is -0.299 e. The molecule has 1 nitrogen and oxygen atoms in total. The number of carbonyl (C=O) groups excluding carboxylic acids is 1. The first-order valence-electron chi connectivity index (χ1n) is 13.5. The third kappa shape index (κ3) is 2.59. The third-order valence-corrected chi connectivity index (χ3v) is 13.2. The van der Waals surface area contributed by atoms with E-state index >= 15 is 0 Å². The number of ketones is 1. The summed E-state index contributed by atoms with van der Waals surface area (Å²) >= 11 is 0. The van der Waals surface area contributed by atoms with Gasteiger partial charge in [0.2, 0.25) is 0 Å². The van der Waals surface area contributed by atoms with Gasteiger partial charge in [0.05, 0.1) is 0 Å². The van der Waals surface area contributed by atoms with E-state index < -0.39 is 0 Å². The van der Waals surface area contributed by atoms with Gasteiger partial charge in [-0.1, -0.05) is 53.7 Å². The van der Waals surface area contributed by atoms with E-state index in [4.69, 9.17) is 0 Å². The average molecular weight is 425 g/mol. The first kappa shape index (κ1) is 22.2. The van der Waals surface area contributed by atoms with Gasteiger partial charge < -0.3 is 0 Å². The maximum atomic E-state index is 12.9. The van der Waals surface area contributed by atoms with Gasteiger partial charge in [-0.25, -0.2) is 0 Å². The molecule has 0 saturated heterocycles. The molecule has 174 valence electrons. The number of Topliss-reactive ketones (excluding diaryl/α,β-unsaturated/α-hetero) is 1. The van der Waals surface area contributed by atoms with Gasteiger partial charge in [-0.2, -0.15) is 0 Å². The maximum absolute atomic E-state index is 12.9. The highest BCUT2D eigenvalue weighted by Gasteiger charge is 2.70. The molecule has 0 aliphatic heterocycles. The van der Waals surface area contributed by atoms with E-state index in [-0.39, 0.29) is 5.41 Å². The van der Waals surface area contributed by atoms with Crippen molar-refractivity contribution >= 4 is 5.78 Å². The quantitative estimate of drug-likeness (QED) is 0.387. The number of carbonyl (C=O) groups is 1. The fraction of sp³-hybridized carbons (Fsp3) is 0.900. The van der Waals surface area contributed by atoms with E-state index in [1.807, 2.05) is 0 Å². The fourth-order valence-electron chi connectivity index (χ4n) is 11.3. The first-order valence-corrected chi connectivity index (χ1v) is 13.5. The van der Waals surface area contributed by atoms with E-state index in [0.717, 1.165) is 36.5 Å². The Balaban J connectivity index is 1.55. The van der Waals surface area contributed by atoms with Crippen LogP contribution in [-0.4, -0.2) is 5.78 Å². The molecule has 0 bridgehead atoms. The van der Waals surface area contributed by atoms with Gasteiger partial charge >= 0.3 is 0 Å². The highest BCUT2D eigenvalue weighted by Crippen LogP contribution is 2.77. The van der Waals surface area contributed by atoms with Crippen LogP contribution in [0.5, 0.6) is 0 Å². The number of rotatable bonds is 1. The Morgan fingerprint density at radius 1 is 0.806 bits per heavy atom. The van der Waals surface area contributed by atoms with E-state index in [1.165, 1.54) is 56.9 Å². The summed E-state index contributed by atoms with van der Waals surface area (Å²) in [6.45, 7) is 22.0. The summed E-state index contributed by atoms with van der Waals surface area (Å²) in [5.74, 6) is 4.33. The summed E-state index contributed by atoms with van der Waals surface area (Å²) in [4.78, 5) is 12.9. The average Bonchev–Trinajstić information content (AvgIpc) is 3.04. The number of hydrogen-bond donors (Lipinski definition) is 0. The van der Waals surface area contributed by atoms with Crippen molar-refractivity contribution in [3.8, 4) is 0 Å². The van der Waals surface area contributed by atoms with E-state index in [2.05, 4.69) is 55.0 Å². The van der Waals surface area contributed by atoms with Crippen molar-refractivity contribution in [3.63, 3.8) is 0 Å². The summed E-state index contributed by atoms with van der Waals surface area (Å²) in [6, 6.07) is 0. The number of fused-ring (bicyclic) bond motifs is 7. The second-order valence-electron chi connectivity index (χ2n) is 14.5. The van der Waals surface area contributed by atoms with Crippen molar-refractivity contribution in [1.29, 1.82) is 0 Å². The molecule has 0 amide bonds. The van der Waals surface area contributed by atoms with Crippen LogP contribution in [-0.2, 0) is 4.79 Å². The highest BCUT2D eigenvalue weighted by atomic mass is 16.1. The molecule has 5 aliphatic carbocycles. The Bertz CT molecular complexity index is 807. The molecule has 0 aromatic carbocycles.